The van der Waals surface area contributed by atoms with Crippen LogP contribution in [0.15, 0.2) is 55.4 Å². The fourth-order valence-corrected chi connectivity index (χ4v) is 1.46. The minimum atomic E-state index is 1.04. The van der Waals surface area contributed by atoms with Crippen LogP contribution in [0.2, 0.25) is 0 Å². The predicted molar refractivity (Wildman–Crippen MR) is 64.4 cm³/mol. The number of rotatable bonds is 2. The second kappa shape index (κ2) is 4.09. The Morgan fingerprint density at radius 1 is 1.07 bits per heavy atom. The van der Waals surface area contributed by atoms with Gasteiger partial charge in [0.05, 0.1) is 0 Å². The lowest BCUT2D eigenvalue weighted by Gasteiger charge is -2.03. The first-order chi connectivity index (χ1) is 7.27. The lowest BCUT2D eigenvalue weighted by Crippen LogP contribution is -1.84. The summed E-state index contributed by atoms with van der Waals surface area (Å²) in [6, 6.07) is 12.4. The third-order valence-corrected chi connectivity index (χ3v) is 2.34. The zero-order chi connectivity index (χ0) is 10.7. The van der Waals surface area contributed by atoms with Crippen LogP contribution in [-0.4, -0.2) is 4.98 Å². The highest BCUT2D eigenvalue weighted by atomic mass is 14.6. The molecule has 1 aromatic heterocycles. The van der Waals surface area contributed by atoms with E-state index in [2.05, 4.69) is 29.8 Å². The predicted octanol–water partition coefficient (Wildman–Crippen LogP) is 3.78. The molecule has 0 fully saturated rings. The van der Waals surface area contributed by atoms with E-state index < -0.39 is 0 Å². The first-order valence-electron chi connectivity index (χ1n) is 4.94. The van der Waals surface area contributed by atoms with Crippen LogP contribution < -0.4 is 0 Å². The number of hydrogen-bond acceptors (Lipinski definition) is 1. The summed E-state index contributed by atoms with van der Waals surface area (Å²) < 4.78 is 0. The Balaban J connectivity index is 2.46. The van der Waals surface area contributed by atoms with Crippen LogP contribution in [0.1, 0.15) is 12.5 Å². The summed E-state index contributed by atoms with van der Waals surface area (Å²) >= 11 is 0. The number of aromatic nitrogens is 1. The van der Waals surface area contributed by atoms with E-state index in [0.717, 1.165) is 16.7 Å². The van der Waals surface area contributed by atoms with E-state index in [0.29, 0.717) is 0 Å². The van der Waals surface area contributed by atoms with Crippen molar-refractivity contribution >= 4 is 5.57 Å². The topological polar surface area (TPSA) is 12.9 Å². The van der Waals surface area contributed by atoms with E-state index in [1.165, 1.54) is 5.56 Å². The molecular formula is C14H13N. The van der Waals surface area contributed by atoms with Gasteiger partial charge in [-0.1, -0.05) is 36.9 Å². The Hall–Kier alpha value is -1.89. The van der Waals surface area contributed by atoms with Gasteiger partial charge in [0.1, 0.15) is 0 Å². The standard InChI is InChI=1S/C14H13N/c1-11(2)13-8-14(10-15-9-13)12-6-4-3-5-7-12/h3-10H,1H2,2H3. The molecule has 2 aromatic rings. The summed E-state index contributed by atoms with van der Waals surface area (Å²) in [7, 11) is 0. The molecule has 0 aliphatic heterocycles. The first-order valence-corrected chi connectivity index (χ1v) is 4.94. The maximum absolute atomic E-state index is 4.22. The van der Waals surface area contributed by atoms with Crippen molar-refractivity contribution in [1.82, 2.24) is 4.98 Å². The summed E-state index contributed by atoms with van der Waals surface area (Å²) in [6.45, 7) is 5.91. The van der Waals surface area contributed by atoms with Crippen molar-refractivity contribution in [3.05, 3.63) is 60.9 Å². The van der Waals surface area contributed by atoms with Gasteiger partial charge in [-0.2, -0.15) is 0 Å². The third kappa shape index (κ3) is 2.13. The van der Waals surface area contributed by atoms with Gasteiger partial charge in [-0.05, 0) is 29.7 Å². The van der Waals surface area contributed by atoms with Crippen molar-refractivity contribution in [3.63, 3.8) is 0 Å². The molecule has 1 heteroatoms. The fourth-order valence-electron chi connectivity index (χ4n) is 1.46. The summed E-state index contributed by atoms with van der Waals surface area (Å²) in [6.07, 6.45) is 3.72. The van der Waals surface area contributed by atoms with E-state index in [9.17, 15) is 0 Å². The molecule has 0 radical (unpaired) electrons. The van der Waals surface area contributed by atoms with E-state index >= 15 is 0 Å². The van der Waals surface area contributed by atoms with Gasteiger partial charge >= 0.3 is 0 Å². The second-order valence-corrected chi connectivity index (χ2v) is 3.61. The molecule has 0 atom stereocenters. The van der Waals surface area contributed by atoms with Gasteiger partial charge in [-0.3, -0.25) is 4.98 Å². The van der Waals surface area contributed by atoms with Crippen LogP contribution in [0.25, 0.3) is 16.7 Å². The highest BCUT2D eigenvalue weighted by molar-refractivity contribution is 5.69. The number of allylic oxidation sites excluding steroid dienone is 1. The van der Waals surface area contributed by atoms with Gasteiger partial charge in [0.25, 0.3) is 0 Å². The SMILES string of the molecule is C=C(C)c1cncc(-c2ccccc2)c1. The van der Waals surface area contributed by atoms with Crippen LogP contribution in [0.5, 0.6) is 0 Å². The molecule has 0 aliphatic carbocycles. The van der Waals surface area contributed by atoms with Crippen molar-refractivity contribution in [3.8, 4) is 11.1 Å². The number of benzene rings is 1. The van der Waals surface area contributed by atoms with Crippen LogP contribution in [-0.2, 0) is 0 Å². The van der Waals surface area contributed by atoms with Crippen molar-refractivity contribution < 1.29 is 0 Å². The van der Waals surface area contributed by atoms with Gasteiger partial charge in [0.2, 0.25) is 0 Å². The first kappa shape index (κ1) is 9.66. The van der Waals surface area contributed by atoms with E-state index in [1.807, 2.05) is 37.5 Å². The van der Waals surface area contributed by atoms with Crippen LogP contribution >= 0.6 is 0 Å². The summed E-state index contributed by atoms with van der Waals surface area (Å²) in [5.74, 6) is 0. The number of nitrogens with zero attached hydrogens (tertiary/aromatic N) is 1. The molecule has 0 bridgehead atoms. The molecule has 0 N–H and O–H groups in total. The van der Waals surface area contributed by atoms with Crippen molar-refractivity contribution in [2.24, 2.45) is 0 Å². The molecule has 1 aromatic carbocycles. The molecule has 1 heterocycles. The molecule has 0 saturated carbocycles. The average molecular weight is 195 g/mol. The third-order valence-electron chi connectivity index (χ3n) is 2.34. The number of hydrogen-bond donors (Lipinski definition) is 0. The maximum Gasteiger partial charge on any atom is 0.0346 e. The van der Waals surface area contributed by atoms with E-state index in [1.54, 1.807) is 0 Å². The molecular weight excluding hydrogens is 182 g/mol. The van der Waals surface area contributed by atoms with Gasteiger partial charge in [0.15, 0.2) is 0 Å². The Kier molecular flexibility index (Phi) is 2.64. The second-order valence-electron chi connectivity index (χ2n) is 3.61. The van der Waals surface area contributed by atoms with Gasteiger partial charge in [-0.25, -0.2) is 0 Å². The normalized spacial score (nSPS) is 9.93. The van der Waals surface area contributed by atoms with Crippen molar-refractivity contribution in [2.45, 2.75) is 6.92 Å². The highest BCUT2D eigenvalue weighted by Crippen LogP contribution is 2.21. The summed E-state index contributed by atoms with van der Waals surface area (Å²) in [4.78, 5) is 4.22. The fraction of sp³-hybridized carbons (Fsp3) is 0.0714. The summed E-state index contributed by atoms with van der Waals surface area (Å²) in [5, 5.41) is 0. The van der Waals surface area contributed by atoms with Gasteiger partial charge in [0, 0.05) is 18.0 Å². The largest absolute Gasteiger partial charge is 0.263 e. The Bertz CT molecular complexity index is 472. The molecule has 15 heavy (non-hydrogen) atoms. The number of pyridine rings is 1. The summed E-state index contributed by atoms with van der Waals surface area (Å²) in [5.41, 5.74) is 4.46. The monoisotopic (exact) mass is 195 g/mol. The van der Waals surface area contributed by atoms with Crippen LogP contribution in [0.4, 0.5) is 0 Å². The smallest absolute Gasteiger partial charge is 0.0346 e. The zero-order valence-electron chi connectivity index (χ0n) is 8.77. The minimum absolute atomic E-state index is 1.04. The van der Waals surface area contributed by atoms with Crippen LogP contribution in [0.3, 0.4) is 0 Å². The Morgan fingerprint density at radius 3 is 2.47 bits per heavy atom. The molecule has 0 spiro atoms. The molecule has 2 rings (SSSR count). The lowest BCUT2D eigenvalue weighted by atomic mass is 10.0. The van der Waals surface area contributed by atoms with Crippen molar-refractivity contribution in [1.29, 1.82) is 0 Å². The Labute approximate surface area is 90.1 Å². The molecule has 0 aliphatic rings. The quantitative estimate of drug-likeness (QED) is 0.710. The van der Waals surface area contributed by atoms with E-state index in [4.69, 9.17) is 0 Å². The molecule has 74 valence electrons. The minimum Gasteiger partial charge on any atom is -0.263 e. The lowest BCUT2D eigenvalue weighted by molar-refractivity contribution is 1.31. The zero-order valence-corrected chi connectivity index (χ0v) is 8.77. The highest BCUT2D eigenvalue weighted by Gasteiger charge is 1.99. The van der Waals surface area contributed by atoms with E-state index in [-0.39, 0.29) is 0 Å². The maximum atomic E-state index is 4.22. The van der Waals surface area contributed by atoms with Gasteiger partial charge in [-0.15, -0.1) is 0 Å². The van der Waals surface area contributed by atoms with Crippen LogP contribution in [0, 0.1) is 0 Å². The molecule has 1 nitrogen and oxygen atoms in total. The van der Waals surface area contributed by atoms with Gasteiger partial charge < -0.3 is 0 Å². The molecule has 0 unspecified atom stereocenters. The Morgan fingerprint density at radius 2 is 1.80 bits per heavy atom. The van der Waals surface area contributed by atoms with Crippen molar-refractivity contribution in [2.75, 3.05) is 0 Å². The molecule has 0 amide bonds. The average Bonchev–Trinajstić information content (AvgIpc) is 2.30. The molecule has 0 saturated heterocycles.